The molecule has 8 nitrogen and oxygen atoms in total. The number of amides is 1. The first kappa shape index (κ1) is 13.8. The molecule has 1 N–H and O–H groups in total. The number of fused-ring (bicyclic) bond motifs is 1. The standard InChI is InChI=1S/C14H12N4O4/c1-17-11-7-9(4-5-12(11)22-8-13(17)19)16-14-10(18(20)21)3-2-6-15-14/h2-7H,8H2,1H3,(H,15,16). The van der Waals surface area contributed by atoms with Crippen LogP contribution < -0.4 is 15.0 Å². The summed E-state index contributed by atoms with van der Waals surface area (Å²) in [5, 5.41) is 13.9. The minimum Gasteiger partial charge on any atom is -0.482 e. The SMILES string of the molecule is CN1C(=O)COc2ccc(Nc3ncccc3[N+](=O)[O-])cc21. The molecular formula is C14H12N4O4. The molecule has 0 spiro atoms. The van der Waals surface area contributed by atoms with E-state index in [0.717, 1.165) is 0 Å². The smallest absolute Gasteiger partial charge is 0.311 e. The molecule has 112 valence electrons. The Labute approximate surface area is 125 Å². The number of nitro groups is 1. The van der Waals surface area contributed by atoms with Crippen molar-refractivity contribution in [2.75, 3.05) is 23.9 Å². The number of ether oxygens (including phenoxy) is 1. The number of anilines is 3. The van der Waals surface area contributed by atoms with E-state index in [2.05, 4.69) is 10.3 Å². The minimum atomic E-state index is -0.507. The lowest BCUT2D eigenvalue weighted by atomic mass is 10.2. The molecule has 0 saturated heterocycles. The first-order valence-corrected chi connectivity index (χ1v) is 6.46. The van der Waals surface area contributed by atoms with Gasteiger partial charge in [-0.25, -0.2) is 4.98 Å². The summed E-state index contributed by atoms with van der Waals surface area (Å²) in [6.45, 7) is 0.00197. The molecule has 0 fully saturated rings. The van der Waals surface area contributed by atoms with Crippen LogP contribution in [0.15, 0.2) is 36.5 Å². The van der Waals surface area contributed by atoms with Crippen LogP contribution in [0.4, 0.5) is 22.9 Å². The number of rotatable bonds is 3. The molecule has 8 heteroatoms. The van der Waals surface area contributed by atoms with Crippen molar-refractivity contribution in [1.29, 1.82) is 0 Å². The van der Waals surface area contributed by atoms with Crippen LogP contribution in [0.1, 0.15) is 0 Å². The Morgan fingerprint density at radius 2 is 2.23 bits per heavy atom. The Bertz CT molecular complexity index is 762. The largest absolute Gasteiger partial charge is 0.482 e. The van der Waals surface area contributed by atoms with Crippen molar-refractivity contribution in [2.45, 2.75) is 0 Å². The molecule has 1 aromatic heterocycles. The second-order valence-electron chi connectivity index (χ2n) is 4.68. The maximum Gasteiger partial charge on any atom is 0.311 e. The predicted octanol–water partition coefficient (Wildman–Crippen LogP) is 2.09. The van der Waals surface area contributed by atoms with Crippen molar-refractivity contribution >= 4 is 28.8 Å². The van der Waals surface area contributed by atoms with Crippen LogP contribution in [0.5, 0.6) is 5.75 Å². The van der Waals surface area contributed by atoms with Gasteiger partial charge in [-0.15, -0.1) is 0 Å². The molecule has 0 saturated carbocycles. The van der Waals surface area contributed by atoms with E-state index >= 15 is 0 Å². The van der Waals surface area contributed by atoms with Gasteiger partial charge >= 0.3 is 5.69 Å². The number of nitrogens with one attached hydrogen (secondary N) is 1. The number of nitrogens with zero attached hydrogens (tertiary/aromatic N) is 3. The van der Waals surface area contributed by atoms with E-state index < -0.39 is 4.92 Å². The summed E-state index contributed by atoms with van der Waals surface area (Å²) in [7, 11) is 1.65. The molecule has 0 aliphatic carbocycles. The van der Waals surface area contributed by atoms with E-state index in [1.807, 2.05) is 0 Å². The fourth-order valence-corrected chi connectivity index (χ4v) is 2.13. The molecule has 2 heterocycles. The number of hydrogen-bond acceptors (Lipinski definition) is 6. The fourth-order valence-electron chi connectivity index (χ4n) is 2.13. The van der Waals surface area contributed by atoms with Gasteiger partial charge in [-0.1, -0.05) is 0 Å². The summed E-state index contributed by atoms with van der Waals surface area (Å²) in [6.07, 6.45) is 1.46. The fraction of sp³-hybridized carbons (Fsp3) is 0.143. The highest BCUT2D eigenvalue weighted by atomic mass is 16.6. The van der Waals surface area contributed by atoms with Gasteiger partial charge < -0.3 is 15.0 Å². The number of benzene rings is 1. The van der Waals surface area contributed by atoms with E-state index in [1.165, 1.54) is 23.2 Å². The van der Waals surface area contributed by atoms with Crippen LogP contribution in [-0.2, 0) is 4.79 Å². The van der Waals surface area contributed by atoms with Crippen LogP contribution >= 0.6 is 0 Å². The molecule has 1 aromatic carbocycles. The molecule has 22 heavy (non-hydrogen) atoms. The Morgan fingerprint density at radius 3 is 3.00 bits per heavy atom. The topological polar surface area (TPSA) is 97.6 Å². The lowest BCUT2D eigenvalue weighted by Crippen LogP contribution is -2.35. The maximum absolute atomic E-state index is 11.6. The molecule has 1 aliphatic heterocycles. The molecule has 0 bridgehead atoms. The zero-order valence-corrected chi connectivity index (χ0v) is 11.6. The normalized spacial score (nSPS) is 13.3. The highest BCUT2D eigenvalue weighted by molar-refractivity contribution is 5.98. The molecule has 2 aromatic rings. The van der Waals surface area contributed by atoms with Crippen molar-refractivity contribution in [3.8, 4) is 5.75 Å². The van der Waals surface area contributed by atoms with Crippen LogP contribution in [0.25, 0.3) is 0 Å². The lowest BCUT2D eigenvalue weighted by Gasteiger charge is -2.26. The summed E-state index contributed by atoms with van der Waals surface area (Å²) in [5.41, 5.74) is 1.05. The average molecular weight is 300 g/mol. The van der Waals surface area contributed by atoms with E-state index in [4.69, 9.17) is 4.74 Å². The van der Waals surface area contributed by atoms with Gasteiger partial charge in [0.05, 0.1) is 10.6 Å². The predicted molar refractivity (Wildman–Crippen MR) is 79.5 cm³/mol. The maximum atomic E-state index is 11.6. The van der Waals surface area contributed by atoms with Gasteiger partial charge in [-0.05, 0) is 24.3 Å². The Balaban J connectivity index is 1.95. The molecule has 0 radical (unpaired) electrons. The molecule has 0 atom stereocenters. The van der Waals surface area contributed by atoms with Crippen LogP contribution in [-0.4, -0.2) is 29.5 Å². The number of carbonyl (C=O) groups is 1. The zero-order valence-electron chi connectivity index (χ0n) is 11.6. The van der Waals surface area contributed by atoms with E-state index in [1.54, 1.807) is 25.2 Å². The third kappa shape index (κ3) is 2.41. The second kappa shape index (κ2) is 5.32. The first-order chi connectivity index (χ1) is 10.6. The summed E-state index contributed by atoms with van der Waals surface area (Å²) in [4.78, 5) is 27.6. The molecular weight excluding hydrogens is 288 g/mol. The van der Waals surface area contributed by atoms with Crippen molar-refractivity contribution in [3.63, 3.8) is 0 Å². The van der Waals surface area contributed by atoms with Gasteiger partial charge in [0.2, 0.25) is 5.82 Å². The van der Waals surface area contributed by atoms with E-state index in [9.17, 15) is 14.9 Å². The number of carbonyl (C=O) groups excluding carboxylic acids is 1. The first-order valence-electron chi connectivity index (χ1n) is 6.46. The zero-order chi connectivity index (χ0) is 15.7. The monoisotopic (exact) mass is 300 g/mol. The number of aromatic nitrogens is 1. The number of pyridine rings is 1. The van der Waals surface area contributed by atoms with Crippen LogP contribution in [0.3, 0.4) is 0 Å². The summed E-state index contributed by atoms with van der Waals surface area (Å²) < 4.78 is 5.33. The summed E-state index contributed by atoms with van der Waals surface area (Å²) >= 11 is 0. The van der Waals surface area contributed by atoms with Gasteiger partial charge in [-0.3, -0.25) is 14.9 Å². The molecule has 1 amide bonds. The van der Waals surface area contributed by atoms with Crippen molar-refractivity contribution in [3.05, 3.63) is 46.6 Å². The minimum absolute atomic E-state index is 0.00197. The molecule has 1 aliphatic rings. The van der Waals surface area contributed by atoms with Crippen molar-refractivity contribution in [2.24, 2.45) is 0 Å². The quantitative estimate of drug-likeness (QED) is 0.688. The van der Waals surface area contributed by atoms with Gasteiger partial charge in [0.15, 0.2) is 6.61 Å². The Kier molecular flexibility index (Phi) is 3.34. The van der Waals surface area contributed by atoms with Crippen LogP contribution in [0, 0.1) is 10.1 Å². The Morgan fingerprint density at radius 1 is 1.41 bits per heavy atom. The van der Waals surface area contributed by atoms with E-state index in [0.29, 0.717) is 17.1 Å². The molecule has 0 unspecified atom stereocenters. The highest BCUT2D eigenvalue weighted by Crippen LogP contribution is 2.35. The highest BCUT2D eigenvalue weighted by Gasteiger charge is 2.23. The van der Waals surface area contributed by atoms with Gasteiger partial charge in [0.25, 0.3) is 5.91 Å². The van der Waals surface area contributed by atoms with Crippen LogP contribution in [0.2, 0.25) is 0 Å². The third-order valence-electron chi connectivity index (χ3n) is 3.29. The van der Waals surface area contributed by atoms with Gasteiger partial charge in [0.1, 0.15) is 5.75 Å². The second-order valence-corrected chi connectivity index (χ2v) is 4.68. The average Bonchev–Trinajstić information content (AvgIpc) is 2.52. The van der Waals surface area contributed by atoms with E-state index in [-0.39, 0.29) is 24.0 Å². The summed E-state index contributed by atoms with van der Waals surface area (Å²) in [5.74, 6) is 0.565. The Hall–Kier alpha value is -3.16. The van der Waals surface area contributed by atoms with Gasteiger partial charge in [0, 0.05) is 25.0 Å². The summed E-state index contributed by atoms with van der Waals surface area (Å²) in [6, 6.07) is 7.96. The van der Waals surface area contributed by atoms with Gasteiger partial charge in [-0.2, -0.15) is 0 Å². The molecule has 3 rings (SSSR count). The lowest BCUT2D eigenvalue weighted by molar-refractivity contribution is -0.384. The van der Waals surface area contributed by atoms with Crippen molar-refractivity contribution < 1.29 is 14.5 Å². The van der Waals surface area contributed by atoms with Crippen molar-refractivity contribution in [1.82, 2.24) is 4.98 Å². The number of likely N-dealkylation sites (N-methyl/N-ethyl adjacent to an activating group) is 1. The number of hydrogen-bond donors (Lipinski definition) is 1. The third-order valence-corrected chi connectivity index (χ3v) is 3.29.